The number of carboxylic acids is 1. The molecule has 0 aromatic heterocycles. The van der Waals surface area contributed by atoms with Gasteiger partial charge in [0.05, 0.1) is 33.9 Å². The van der Waals surface area contributed by atoms with Crippen LogP contribution in [0.3, 0.4) is 0 Å². The Bertz CT molecular complexity index is 1460. The minimum Gasteiger partial charge on any atom is -0.478 e. The zero-order chi connectivity index (χ0) is 24.8. The van der Waals surface area contributed by atoms with E-state index in [4.69, 9.17) is 0 Å². The Morgan fingerprint density at radius 3 is 1.91 bits per heavy atom. The SMILES string of the molecule is O=C(O)c1ccccc1NC(=O)c1ccccc1N(Cc1ccccc1)S(=O)(=O)c1ccccc1. The Labute approximate surface area is 203 Å². The van der Waals surface area contributed by atoms with Crippen molar-refractivity contribution in [3.05, 3.63) is 126 Å². The van der Waals surface area contributed by atoms with Gasteiger partial charge in [-0.3, -0.25) is 9.10 Å². The van der Waals surface area contributed by atoms with Gasteiger partial charge in [0, 0.05) is 0 Å². The minimum absolute atomic E-state index is 0.00588. The van der Waals surface area contributed by atoms with E-state index in [0.717, 1.165) is 5.56 Å². The lowest BCUT2D eigenvalue weighted by atomic mass is 10.1. The molecule has 1 amide bonds. The van der Waals surface area contributed by atoms with Crippen molar-refractivity contribution in [2.45, 2.75) is 11.4 Å². The number of sulfonamides is 1. The van der Waals surface area contributed by atoms with Gasteiger partial charge in [0.25, 0.3) is 15.9 Å². The number of nitrogens with one attached hydrogen (secondary N) is 1. The van der Waals surface area contributed by atoms with Crippen molar-refractivity contribution in [1.29, 1.82) is 0 Å². The number of hydrogen-bond donors (Lipinski definition) is 2. The van der Waals surface area contributed by atoms with Crippen molar-refractivity contribution in [3.8, 4) is 0 Å². The number of nitrogens with zero attached hydrogens (tertiary/aromatic N) is 1. The standard InChI is InChI=1S/C27H22N2O5S/c30-26(28-24-17-9-7-15-22(24)27(31)32)23-16-8-10-18-25(23)29(19-20-11-3-1-4-12-20)35(33,34)21-13-5-2-6-14-21/h1-18H,19H2,(H,28,30)(H,31,32). The highest BCUT2D eigenvalue weighted by Crippen LogP contribution is 2.30. The van der Waals surface area contributed by atoms with Crippen LogP contribution in [-0.2, 0) is 16.6 Å². The summed E-state index contributed by atoms with van der Waals surface area (Å²) in [6, 6.07) is 29.4. The van der Waals surface area contributed by atoms with Crippen molar-refractivity contribution in [2.75, 3.05) is 9.62 Å². The van der Waals surface area contributed by atoms with Crippen molar-refractivity contribution in [2.24, 2.45) is 0 Å². The second kappa shape index (κ2) is 10.2. The van der Waals surface area contributed by atoms with E-state index in [2.05, 4.69) is 5.32 Å². The molecule has 0 radical (unpaired) electrons. The first-order valence-corrected chi connectivity index (χ1v) is 12.2. The van der Waals surface area contributed by atoms with Gasteiger partial charge in [-0.15, -0.1) is 0 Å². The first-order valence-electron chi connectivity index (χ1n) is 10.7. The predicted octanol–water partition coefficient (Wildman–Crippen LogP) is 5.03. The Morgan fingerprint density at radius 1 is 0.714 bits per heavy atom. The third-order valence-corrected chi connectivity index (χ3v) is 7.10. The van der Waals surface area contributed by atoms with E-state index >= 15 is 0 Å². The van der Waals surface area contributed by atoms with Crippen LogP contribution in [0.2, 0.25) is 0 Å². The Kier molecular flexibility index (Phi) is 6.93. The summed E-state index contributed by atoms with van der Waals surface area (Å²) in [7, 11) is -4.04. The van der Waals surface area contributed by atoms with E-state index in [9.17, 15) is 23.1 Å². The van der Waals surface area contributed by atoms with Crippen molar-refractivity contribution >= 4 is 33.3 Å². The van der Waals surface area contributed by atoms with E-state index in [1.807, 2.05) is 18.2 Å². The smallest absolute Gasteiger partial charge is 0.337 e. The van der Waals surface area contributed by atoms with Crippen LogP contribution in [0.15, 0.2) is 114 Å². The van der Waals surface area contributed by atoms with Gasteiger partial charge >= 0.3 is 5.97 Å². The number of hydrogen-bond acceptors (Lipinski definition) is 4. The van der Waals surface area contributed by atoms with Gasteiger partial charge in [-0.05, 0) is 42.0 Å². The molecule has 0 atom stereocenters. The Balaban J connectivity index is 1.79. The summed E-state index contributed by atoms with van der Waals surface area (Å²) in [6.07, 6.45) is 0. The number of aromatic carboxylic acids is 1. The molecule has 0 aliphatic rings. The zero-order valence-electron chi connectivity index (χ0n) is 18.5. The zero-order valence-corrected chi connectivity index (χ0v) is 19.4. The molecule has 35 heavy (non-hydrogen) atoms. The molecule has 0 unspecified atom stereocenters. The highest BCUT2D eigenvalue weighted by Gasteiger charge is 2.28. The molecule has 0 fully saturated rings. The lowest BCUT2D eigenvalue weighted by Crippen LogP contribution is -2.32. The number of carbonyl (C=O) groups is 2. The average molecular weight is 487 g/mol. The molecule has 4 aromatic carbocycles. The molecule has 0 bridgehead atoms. The van der Waals surface area contributed by atoms with Crippen molar-refractivity contribution in [1.82, 2.24) is 0 Å². The van der Waals surface area contributed by atoms with Gasteiger partial charge in [0.1, 0.15) is 0 Å². The summed E-state index contributed by atoms with van der Waals surface area (Å²) in [5.41, 5.74) is 1.03. The Morgan fingerprint density at radius 2 is 1.26 bits per heavy atom. The second-order valence-corrected chi connectivity index (χ2v) is 9.49. The molecular weight excluding hydrogens is 464 g/mol. The van der Waals surface area contributed by atoms with Crippen LogP contribution in [0.1, 0.15) is 26.3 Å². The number of benzene rings is 4. The van der Waals surface area contributed by atoms with E-state index < -0.39 is 21.9 Å². The maximum absolute atomic E-state index is 13.7. The van der Waals surface area contributed by atoms with Gasteiger partial charge < -0.3 is 10.4 Å². The summed E-state index contributed by atoms with van der Waals surface area (Å²) in [5.74, 6) is -1.82. The van der Waals surface area contributed by atoms with Crippen molar-refractivity contribution < 1.29 is 23.1 Å². The molecule has 8 heteroatoms. The van der Waals surface area contributed by atoms with Crippen molar-refractivity contribution in [3.63, 3.8) is 0 Å². The summed E-state index contributed by atoms with van der Waals surface area (Å²) < 4.78 is 28.7. The molecule has 4 rings (SSSR count). The summed E-state index contributed by atoms with van der Waals surface area (Å²) in [6.45, 7) is -0.00588. The maximum Gasteiger partial charge on any atom is 0.337 e. The molecule has 0 spiro atoms. The molecule has 0 aliphatic heterocycles. The van der Waals surface area contributed by atoms with Gasteiger partial charge in [-0.25, -0.2) is 13.2 Å². The van der Waals surface area contributed by atoms with Crippen LogP contribution < -0.4 is 9.62 Å². The normalized spacial score (nSPS) is 11.0. The fraction of sp³-hybridized carbons (Fsp3) is 0.0370. The second-order valence-electron chi connectivity index (χ2n) is 7.63. The molecule has 176 valence electrons. The third kappa shape index (κ3) is 5.23. The average Bonchev–Trinajstić information content (AvgIpc) is 2.88. The lowest BCUT2D eigenvalue weighted by Gasteiger charge is -2.26. The topological polar surface area (TPSA) is 104 Å². The first-order chi connectivity index (χ1) is 16.9. The molecule has 7 nitrogen and oxygen atoms in total. The number of carbonyl (C=O) groups excluding carboxylic acids is 1. The van der Waals surface area contributed by atoms with Gasteiger partial charge in [-0.2, -0.15) is 0 Å². The third-order valence-electron chi connectivity index (χ3n) is 5.32. The van der Waals surface area contributed by atoms with E-state index in [1.165, 1.54) is 34.6 Å². The predicted molar refractivity (Wildman–Crippen MR) is 134 cm³/mol. The number of para-hydroxylation sites is 2. The number of amides is 1. The van der Waals surface area contributed by atoms with Crippen LogP contribution >= 0.6 is 0 Å². The fourth-order valence-electron chi connectivity index (χ4n) is 3.62. The summed E-state index contributed by atoms with van der Waals surface area (Å²) in [5, 5.41) is 12.1. The van der Waals surface area contributed by atoms with Crippen LogP contribution in [0.25, 0.3) is 0 Å². The minimum atomic E-state index is -4.04. The fourth-order valence-corrected chi connectivity index (χ4v) is 5.11. The maximum atomic E-state index is 13.7. The number of carboxylic acid groups (broad SMARTS) is 1. The van der Waals surface area contributed by atoms with Gasteiger partial charge in [-0.1, -0.05) is 72.8 Å². The van der Waals surface area contributed by atoms with E-state index in [1.54, 1.807) is 60.7 Å². The van der Waals surface area contributed by atoms with Crippen LogP contribution in [0.5, 0.6) is 0 Å². The monoisotopic (exact) mass is 486 g/mol. The molecule has 4 aromatic rings. The summed E-state index contributed by atoms with van der Waals surface area (Å²) >= 11 is 0. The highest BCUT2D eigenvalue weighted by molar-refractivity contribution is 7.92. The number of anilines is 2. The molecule has 0 saturated heterocycles. The first kappa shape index (κ1) is 23.7. The molecule has 2 N–H and O–H groups in total. The van der Waals surface area contributed by atoms with Gasteiger partial charge in [0.2, 0.25) is 0 Å². The highest BCUT2D eigenvalue weighted by atomic mass is 32.2. The van der Waals surface area contributed by atoms with Gasteiger partial charge in [0.15, 0.2) is 0 Å². The van der Waals surface area contributed by atoms with Crippen LogP contribution in [0, 0.1) is 0 Å². The Hall–Kier alpha value is -4.43. The molecular formula is C27H22N2O5S. The van der Waals surface area contributed by atoms with Crippen LogP contribution in [-0.4, -0.2) is 25.4 Å². The molecule has 0 saturated carbocycles. The van der Waals surface area contributed by atoms with E-state index in [-0.39, 0.29) is 33.9 Å². The molecule has 0 heterocycles. The number of rotatable bonds is 8. The lowest BCUT2D eigenvalue weighted by molar-refractivity contribution is 0.0698. The van der Waals surface area contributed by atoms with E-state index in [0.29, 0.717) is 0 Å². The quantitative estimate of drug-likeness (QED) is 0.363. The largest absolute Gasteiger partial charge is 0.478 e. The van der Waals surface area contributed by atoms with Crippen LogP contribution in [0.4, 0.5) is 11.4 Å². The summed E-state index contributed by atoms with van der Waals surface area (Å²) in [4.78, 5) is 25.0. The molecule has 0 aliphatic carbocycles.